The highest BCUT2D eigenvalue weighted by atomic mass is 31.2. The number of rotatable bonds is 44. The summed E-state index contributed by atoms with van der Waals surface area (Å²) in [5.41, 5.74) is 0. The molecule has 1 atom stereocenters. The number of hydrogen-bond acceptors (Lipinski definition) is 6. The minimum absolute atomic E-state index is 0.212. The van der Waals surface area contributed by atoms with Gasteiger partial charge in [0.2, 0.25) is 0 Å². The first-order valence-electron chi connectivity index (χ1n) is 23.5. The van der Waals surface area contributed by atoms with Crippen LogP contribution in [0.15, 0.2) is 12.2 Å². The van der Waals surface area contributed by atoms with Crippen molar-refractivity contribution in [3.8, 4) is 0 Å². The van der Waals surface area contributed by atoms with E-state index in [-0.39, 0.29) is 19.4 Å². The zero-order valence-corrected chi connectivity index (χ0v) is 37.0. The lowest BCUT2D eigenvalue weighted by molar-refractivity contribution is -0.161. The van der Waals surface area contributed by atoms with Crippen molar-refractivity contribution < 1.29 is 37.9 Å². The highest BCUT2D eigenvalue weighted by molar-refractivity contribution is 7.46. The first-order chi connectivity index (χ1) is 26.8. The van der Waals surface area contributed by atoms with E-state index in [2.05, 4.69) is 30.5 Å². The van der Waals surface area contributed by atoms with Gasteiger partial charge >= 0.3 is 19.8 Å². The second kappa shape index (κ2) is 42.4. The molecule has 0 spiro atoms. The van der Waals surface area contributed by atoms with Gasteiger partial charge in [0.15, 0.2) is 6.10 Å². The second-order valence-corrected chi connectivity index (χ2v) is 17.3. The fourth-order valence-electron chi connectivity index (χ4n) is 7.02. The van der Waals surface area contributed by atoms with Crippen molar-refractivity contribution in [3.05, 3.63) is 12.2 Å². The zero-order chi connectivity index (χ0) is 40.3. The van der Waals surface area contributed by atoms with Crippen molar-refractivity contribution in [3.63, 3.8) is 0 Å². The summed E-state index contributed by atoms with van der Waals surface area (Å²) >= 11 is 0. The van der Waals surface area contributed by atoms with Gasteiger partial charge in [-0.05, 0) is 38.5 Å². The van der Waals surface area contributed by atoms with Crippen LogP contribution in [0.25, 0.3) is 0 Å². The van der Waals surface area contributed by atoms with Crippen LogP contribution in [0.2, 0.25) is 0 Å². The number of carbonyl (C=O) groups excluding carboxylic acids is 2. The van der Waals surface area contributed by atoms with E-state index in [1.54, 1.807) is 0 Å². The Morgan fingerprint density at radius 2 is 0.764 bits per heavy atom. The van der Waals surface area contributed by atoms with Gasteiger partial charge in [0.1, 0.15) is 6.61 Å². The van der Waals surface area contributed by atoms with Crippen LogP contribution in [0.3, 0.4) is 0 Å². The van der Waals surface area contributed by atoms with Crippen LogP contribution < -0.4 is 0 Å². The molecule has 0 amide bonds. The van der Waals surface area contributed by atoms with Crippen molar-refractivity contribution in [2.45, 2.75) is 258 Å². The van der Waals surface area contributed by atoms with E-state index < -0.39 is 32.5 Å². The molecule has 8 nitrogen and oxygen atoms in total. The molecular formula is C46H89O8P. The molecule has 0 aromatic carbocycles. The van der Waals surface area contributed by atoms with Gasteiger partial charge < -0.3 is 19.3 Å². The smallest absolute Gasteiger partial charge is 0.462 e. The normalized spacial score (nSPS) is 12.4. The minimum Gasteiger partial charge on any atom is -0.462 e. The Morgan fingerprint density at radius 3 is 1.11 bits per heavy atom. The molecular weight excluding hydrogens is 711 g/mol. The molecule has 0 saturated carbocycles. The summed E-state index contributed by atoms with van der Waals surface area (Å²) in [6.45, 7) is 3.72. The number of phosphoric acid groups is 1. The van der Waals surface area contributed by atoms with Crippen LogP contribution in [0.1, 0.15) is 251 Å². The SMILES string of the molecule is CCCCCCCCCC/C=C\CCCCCCCCCC(=O)O[C@H](COC(=O)CCCCCCCCCCCCCCCCCCCC)COP(=O)(O)O. The number of phosphoric ester groups is 1. The molecule has 0 aliphatic heterocycles. The van der Waals surface area contributed by atoms with Crippen LogP contribution in [0, 0.1) is 0 Å². The molecule has 55 heavy (non-hydrogen) atoms. The number of unbranched alkanes of at least 4 members (excludes halogenated alkanes) is 32. The Hall–Kier alpha value is -1.21. The maximum Gasteiger partial charge on any atom is 0.469 e. The van der Waals surface area contributed by atoms with E-state index in [0.717, 1.165) is 44.9 Å². The summed E-state index contributed by atoms with van der Waals surface area (Å²) in [4.78, 5) is 43.0. The monoisotopic (exact) mass is 801 g/mol. The van der Waals surface area contributed by atoms with Gasteiger partial charge in [0.25, 0.3) is 0 Å². The highest BCUT2D eigenvalue weighted by Gasteiger charge is 2.23. The number of esters is 2. The van der Waals surface area contributed by atoms with Gasteiger partial charge in [-0.3, -0.25) is 14.1 Å². The average molecular weight is 801 g/mol. The zero-order valence-electron chi connectivity index (χ0n) is 36.1. The predicted octanol–water partition coefficient (Wildman–Crippen LogP) is 14.6. The van der Waals surface area contributed by atoms with Gasteiger partial charge in [-0.1, -0.05) is 212 Å². The summed E-state index contributed by atoms with van der Waals surface area (Å²) in [6, 6.07) is 0. The van der Waals surface area contributed by atoms with Crippen molar-refractivity contribution in [1.82, 2.24) is 0 Å². The molecule has 0 aliphatic rings. The van der Waals surface area contributed by atoms with Crippen LogP contribution in [0.5, 0.6) is 0 Å². The van der Waals surface area contributed by atoms with Crippen LogP contribution in [0.4, 0.5) is 0 Å². The Bertz CT molecular complexity index is 904. The fourth-order valence-corrected chi connectivity index (χ4v) is 7.38. The summed E-state index contributed by atoms with van der Waals surface area (Å²) < 4.78 is 26.5. The maximum absolute atomic E-state index is 12.4. The number of ether oxygens (including phenoxy) is 2. The first kappa shape index (κ1) is 53.8. The molecule has 0 heterocycles. The Morgan fingerprint density at radius 1 is 0.455 bits per heavy atom. The number of carbonyl (C=O) groups is 2. The van der Waals surface area contributed by atoms with Gasteiger partial charge in [-0.15, -0.1) is 0 Å². The molecule has 0 aliphatic carbocycles. The van der Waals surface area contributed by atoms with Crippen molar-refractivity contribution in [2.75, 3.05) is 13.2 Å². The molecule has 0 saturated heterocycles. The van der Waals surface area contributed by atoms with Gasteiger partial charge in [-0.25, -0.2) is 4.57 Å². The largest absolute Gasteiger partial charge is 0.469 e. The molecule has 0 radical (unpaired) electrons. The van der Waals surface area contributed by atoms with E-state index in [1.807, 2.05) is 0 Å². The highest BCUT2D eigenvalue weighted by Crippen LogP contribution is 2.36. The van der Waals surface area contributed by atoms with Crippen LogP contribution >= 0.6 is 7.82 Å². The van der Waals surface area contributed by atoms with Gasteiger partial charge in [0, 0.05) is 12.8 Å². The topological polar surface area (TPSA) is 119 Å². The number of allylic oxidation sites excluding steroid dienone is 2. The van der Waals surface area contributed by atoms with Gasteiger partial charge in [-0.2, -0.15) is 0 Å². The standard InChI is InChI=1S/C46H89O8P/c1-3-5-7-9-11-13-15-17-19-21-23-25-27-29-31-33-35-37-39-41-46(48)54-44(43-53-55(49,50)51)42-52-45(47)40-38-36-34-32-30-28-26-24-22-20-18-16-14-12-10-8-6-4-2/h21,23,44H,3-20,22,24-43H2,1-2H3,(H2,49,50,51)/b23-21-/t44-/m1/s1. The molecule has 0 unspecified atom stereocenters. The molecule has 2 N–H and O–H groups in total. The lowest BCUT2D eigenvalue weighted by Gasteiger charge is -2.18. The predicted molar refractivity (Wildman–Crippen MR) is 230 cm³/mol. The molecule has 0 rings (SSSR count). The molecule has 0 aromatic rings. The lowest BCUT2D eigenvalue weighted by Crippen LogP contribution is -2.29. The Kier molecular flexibility index (Phi) is 41.5. The third-order valence-corrected chi connectivity index (χ3v) is 11.0. The summed E-state index contributed by atoms with van der Waals surface area (Å²) in [7, 11) is -4.75. The third-order valence-electron chi connectivity index (χ3n) is 10.5. The molecule has 0 fully saturated rings. The van der Waals surface area contributed by atoms with E-state index >= 15 is 0 Å². The summed E-state index contributed by atoms with van der Waals surface area (Å²) in [5.74, 6) is -0.874. The van der Waals surface area contributed by atoms with Crippen LogP contribution in [-0.4, -0.2) is 41.0 Å². The maximum atomic E-state index is 12.4. The van der Waals surface area contributed by atoms with Crippen molar-refractivity contribution in [2.24, 2.45) is 0 Å². The fraction of sp³-hybridized carbons (Fsp3) is 0.913. The second-order valence-electron chi connectivity index (χ2n) is 16.1. The van der Waals surface area contributed by atoms with Gasteiger partial charge in [0.05, 0.1) is 6.61 Å². The van der Waals surface area contributed by atoms with Crippen molar-refractivity contribution >= 4 is 19.8 Å². The lowest BCUT2D eigenvalue weighted by atomic mass is 10.0. The quantitative estimate of drug-likeness (QED) is 0.0271. The van der Waals surface area contributed by atoms with E-state index in [9.17, 15) is 14.2 Å². The van der Waals surface area contributed by atoms with E-state index in [0.29, 0.717) is 6.42 Å². The third kappa shape index (κ3) is 45.4. The van der Waals surface area contributed by atoms with Crippen molar-refractivity contribution in [1.29, 1.82) is 0 Å². The molecule has 9 heteroatoms. The Balaban J connectivity index is 3.83. The summed E-state index contributed by atoms with van der Waals surface area (Å²) in [5, 5.41) is 0. The summed E-state index contributed by atoms with van der Waals surface area (Å²) in [6.07, 6.45) is 47.9. The molecule has 0 aromatic heterocycles. The first-order valence-corrected chi connectivity index (χ1v) is 25.0. The van der Waals surface area contributed by atoms with E-state index in [1.165, 1.54) is 173 Å². The molecule has 0 bridgehead atoms. The Labute approximate surface area is 339 Å². The molecule has 326 valence electrons. The number of hydrogen-bond donors (Lipinski definition) is 2. The minimum atomic E-state index is -4.75. The average Bonchev–Trinajstić information content (AvgIpc) is 3.16. The van der Waals surface area contributed by atoms with E-state index in [4.69, 9.17) is 19.3 Å². The van der Waals surface area contributed by atoms with Crippen LogP contribution in [-0.2, 0) is 28.2 Å².